The second kappa shape index (κ2) is 9.00. The monoisotopic (exact) mass is 455 g/mol. The number of hydrogen-bond donors (Lipinski definition) is 0. The third-order valence-electron chi connectivity index (χ3n) is 4.66. The van der Waals surface area contributed by atoms with Gasteiger partial charge in [-0.25, -0.2) is 13.7 Å². The van der Waals surface area contributed by atoms with E-state index in [1.165, 1.54) is 12.3 Å². The minimum Gasteiger partial charge on any atom is -0.491 e. The number of carbonyl (C=O) groups excluding carboxylic acids is 2. The van der Waals surface area contributed by atoms with Gasteiger partial charge in [-0.3, -0.25) is 9.59 Å². The van der Waals surface area contributed by atoms with Crippen LogP contribution >= 0.6 is 11.8 Å². The van der Waals surface area contributed by atoms with Crippen molar-refractivity contribution in [2.24, 2.45) is 0 Å². The Morgan fingerprint density at radius 2 is 1.75 bits per heavy atom. The average molecular weight is 455 g/mol. The van der Waals surface area contributed by atoms with Crippen LogP contribution in [-0.2, 0) is 15.3 Å². The summed E-state index contributed by atoms with van der Waals surface area (Å²) in [5, 5.41) is 0. The highest BCUT2D eigenvalue weighted by atomic mass is 32.2. The summed E-state index contributed by atoms with van der Waals surface area (Å²) in [5.74, 6) is -1.83. The van der Waals surface area contributed by atoms with Crippen molar-refractivity contribution in [3.63, 3.8) is 0 Å². The summed E-state index contributed by atoms with van der Waals surface area (Å²) >= 11 is 1.15. The Labute approximate surface area is 187 Å². The zero-order valence-electron chi connectivity index (χ0n) is 17.3. The number of imide groups is 1. The first kappa shape index (κ1) is 21.8. The van der Waals surface area contributed by atoms with E-state index in [4.69, 9.17) is 9.15 Å². The Balaban J connectivity index is 1.72. The molecule has 164 valence electrons. The molecule has 2 aromatic carbocycles. The van der Waals surface area contributed by atoms with Crippen LogP contribution in [0.1, 0.15) is 25.2 Å². The highest BCUT2D eigenvalue weighted by Crippen LogP contribution is 2.40. The first-order valence-corrected chi connectivity index (χ1v) is 10.8. The largest absolute Gasteiger partial charge is 0.491 e. The Morgan fingerprint density at radius 1 is 1.00 bits per heavy atom. The van der Waals surface area contributed by atoms with Crippen molar-refractivity contribution in [2.45, 2.75) is 25.7 Å². The van der Waals surface area contributed by atoms with Crippen LogP contribution in [0.15, 0.2) is 70.2 Å². The first-order chi connectivity index (χ1) is 15.3. The van der Waals surface area contributed by atoms with Crippen molar-refractivity contribution < 1.29 is 27.5 Å². The molecule has 0 unspecified atom stereocenters. The lowest BCUT2D eigenvalue weighted by molar-refractivity contribution is -0.119. The smallest absolute Gasteiger partial charge is 0.272 e. The van der Waals surface area contributed by atoms with E-state index in [0.717, 1.165) is 28.8 Å². The van der Waals surface area contributed by atoms with Crippen molar-refractivity contribution >= 4 is 34.8 Å². The molecule has 0 saturated carbocycles. The molecule has 4 rings (SSSR count). The fourth-order valence-corrected chi connectivity index (χ4v) is 4.28. The van der Waals surface area contributed by atoms with Crippen LogP contribution in [-0.4, -0.2) is 17.9 Å². The van der Waals surface area contributed by atoms with Gasteiger partial charge in [-0.2, -0.15) is 0 Å². The molecular weight excluding hydrogens is 436 g/mol. The molecule has 0 saturated heterocycles. The number of thioether (sulfide) groups is 1. The number of rotatable bonds is 7. The second-order valence-electron chi connectivity index (χ2n) is 7.31. The van der Waals surface area contributed by atoms with Crippen LogP contribution in [0.5, 0.6) is 5.75 Å². The molecule has 1 aliphatic rings. The van der Waals surface area contributed by atoms with Gasteiger partial charge in [0.25, 0.3) is 11.8 Å². The van der Waals surface area contributed by atoms with Crippen molar-refractivity contribution in [1.82, 2.24) is 0 Å². The minimum atomic E-state index is -1.14. The fraction of sp³-hybridized carbons (Fsp3) is 0.167. The standard InChI is InChI=1S/C24H19F2NO4S/c1-14(2)31-17-8-5-15(6-9-17)21-22(32-13-18-4-3-11-30-18)24(29)27(23(21)28)16-7-10-19(25)20(26)12-16/h3-12,14H,13H2,1-2H3. The fourth-order valence-electron chi connectivity index (χ4n) is 3.27. The SMILES string of the molecule is CC(C)Oc1ccc(C2=C(SCc3ccco3)C(=O)N(c3ccc(F)c(F)c3)C2=O)cc1. The second-order valence-corrected chi connectivity index (χ2v) is 8.29. The Kier molecular flexibility index (Phi) is 6.14. The number of amides is 2. The number of hydrogen-bond acceptors (Lipinski definition) is 5. The van der Waals surface area contributed by atoms with Gasteiger partial charge in [0, 0.05) is 6.07 Å². The van der Waals surface area contributed by atoms with Gasteiger partial charge in [0.2, 0.25) is 0 Å². The Morgan fingerprint density at radius 3 is 2.38 bits per heavy atom. The van der Waals surface area contributed by atoms with E-state index in [1.807, 2.05) is 13.8 Å². The summed E-state index contributed by atoms with van der Waals surface area (Å²) in [5.41, 5.74) is 0.670. The maximum Gasteiger partial charge on any atom is 0.272 e. The van der Waals surface area contributed by atoms with Gasteiger partial charge in [-0.15, -0.1) is 11.8 Å². The van der Waals surface area contributed by atoms with E-state index in [0.29, 0.717) is 22.8 Å². The van der Waals surface area contributed by atoms with Crippen LogP contribution in [0.25, 0.3) is 5.57 Å². The van der Waals surface area contributed by atoms with Gasteiger partial charge in [-0.1, -0.05) is 12.1 Å². The molecule has 0 radical (unpaired) electrons. The summed E-state index contributed by atoms with van der Waals surface area (Å²) in [6.45, 7) is 3.80. The van der Waals surface area contributed by atoms with E-state index in [1.54, 1.807) is 36.4 Å². The number of ether oxygens (including phenoxy) is 1. The number of anilines is 1. The van der Waals surface area contributed by atoms with Crippen LogP contribution in [0.2, 0.25) is 0 Å². The van der Waals surface area contributed by atoms with Gasteiger partial charge in [0.1, 0.15) is 11.5 Å². The van der Waals surface area contributed by atoms with Crippen LogP contribution < -0.4 is 9.64 Å². The van der Waals surface area contributed by atoms with E-state index in [9.17, 15) is 18.4 Å². The third kappa shape index (κ3) is 4.31. The van der Waals surface area contributed by atoms with Gasteiger partial charge in [0.15, 0.2) is 11.6 Å². The summed E-state index contributed by atoms with van der Waals surface area (Å²) in [6.07, 6.45) is 1.51. The van der Waals surface area contributed by atoms with Gasteiger partial charge < -0.3 is 9.15 Å². The molecule has 0 fully saturated rings. The zero-order chi connectivity index (χ0) is 22.8. The summed E-state index contributed by atoms with van der Waals surface area (Å²) in [4.78, 5) is 27.6. The quantitative estimate of drug-likeness (QED) is 0.437. The Hall–Kier alpha value is -3.39. The molecule has 0 aliphatic carbocycles. The number of furan rings is 1. The summed E-state index contributed by atoms with van der Waals surface area (Å²) in [7, 11) is 0. The highest BCUT2D eigenvalue weighted by molar-refractivity contribution is 8.03. The molecule has 2 heterocycles. The summed E-state index contributed by atoms with van der Waals surface area (Å²) < 4.78 is 38.2. The lowest BCUT2D eigenvalue weighted by Gasteiger charge is -2.15. The number of halogens is 2. The predicted octanol–water partition coefficient (Wildman–Crippen LogP) is 5.56. The zero-order valence-corrected chi connectivity index (χ0v) is 18.1. The minimum absolute atomic E-state index is 0.0157. The lowest BCUT2D eigenvalue weighted by atomic mass is 10.1. The molecule has 3 aromatic rings. The normalized spacial score (nSPS) is 14.1. The number of benzene rings is 2. The first-order valence-electron chi connectivity index (χ1n) is 9.85. The molecular formula is C24H19F2NO4S. The highest BCUT2D eigenvalue weighted by Gasteiger charge is 2.40. The maximum atomic E-state index is 13.8. The van der Waals surface area contributed by atoms with Crippen LogP contribution in [0.3, 0.4) is 0 Å². The molecule has 1 aliphatic heterocycles. The topological polar surface area (TPSA) is 59.8 Å². The van der Waals surface area contributed by atoms with E-state index < -0.39 is 23.4 Å². The molecule has 0 spiro atoms. The van der Waals surface area contributed by atoms with E-state index in [-0.39, 0.29) is 22.3 Å². The molecule has 0 N–H and O–H groups in total. The van der Waals surface area contributed by atoms with E-state index in [2.05, 4.69) is 0 Å². The molecule has 0 bridgehead atoms. The Bertz CT molecular complexity index is 1190. The van der Waals surface area contributed by atoms with Crippen LogP contribution in [0, 0.1) is 11.6 Å². The predicted molar refractivity (Wildman–Crippen MR) is 118 cm³/mol. The third-order valence-corrected chi connectivity index (χ3v) is 5.75. The molecule has 0 atom stereocenters. The molecule has 1 aromatic heterocycles. The van der Waals surface area contributed by atoms with Gasteiger partial charge in [0.05, 0.1) is 34.3 Å². The average Bonchev–Trinajstić information content (AvgIpc) is 3.35. The van der Waals surface area contributed by atoms with Crippen molar-refractivity contribution in [3.8, 4) is 5.75 Å². The molecule has 32 heavy (non-hydrogen) atoms. The maximum absolute atomic E-state index is 13.8. The summed E-state index contributed by atoms with van der Waals surface area (Å²) in [6, 6.07) is 13.2. The van der Waals surface area contributed by atoms with Crippen LogP contribution in [0.4, 0.5) is 14.5 Å². The number of nitrogens with zero attached hydrogens (tertiary/aromatic N) is 1. The van der Waals surface area contributed by atoms with Gasteiger partial charge >= 0.3 is 0 Å². The molecule has 5 nitrogen and oxygen atoms in total. The van der Waals surface area contributed by atoms with Crippen molar-refractivity contribution in [3.05, 3.63) is 88.7 Å². The van der Waals surface area contributed by atoms with Crippen molar-refractivity contribution in [1.29, 1.82) is 0 Å². The van der Waals surface area contributed by atoms with E-state index >= 15 is 0 Å². The number of carbonyl (C=O) groups is 2. The molecule has 8 heteroatoms. The lowest BCUT2D eigenvalue weighted by Crippen LogP contribution is -2.31. The van der Waals surface area contributed by atoms with Gasteiger partial charge in [-0.05, 0) is 55.8 Å². The van der Waals surface area contributed by atoms with Crippen molar-refractivity contribution in [2.75, 3.05) is 4.90 Å². The molecule has 2 amide bonds.